The Morgan fingerprint density at radius 1 is 0.382 bits per heavy atom. The second kappa shape index (κ2) is 18.3. The van der Waals surface area contributed by atoms with Gasteiger partial charge in [-0.05, 0) is 204 Å². The molecule has 12 rings (SSSR count). The Labute approximate surface area is 443 Å². The maximum absolute atomic E-state index is 15.7. The second-order valence-electron chi connectivity index (χ2n) is 21.2. The Balaban J connectivity index is 1.19. The molecule has 0 aliphatic heterocycles. The third-order valence-corrected chi connectivity index (χ3v) is 15.9. The number of aromatic nitrogens is 1. The van der Waals surface area contributed by atoms with Crippen LogP contribution >= 0.6 is 0 Å². The first-order chi connectivity index (χ1) is 36.5. The lowest BCUT2D eigenvalue weighted by atomic mass is 9.81. The zero-order valence-electron chi connectivity index (χ0n) is 43.9. The van der Waals surface area contributed by atoms with Gasteiger partial charge in [0.1, 0.15) is 0 Å². The number of alkyl halides is 3. The normalized spacial score (nSPS) is 12.3. The lowest BCUT2D eigenvalue weighted by molar-refractivity contribution is -0.137. The number of hydrogen-bond donors (Lipinski definition) is 0. The summed E-state index contributed by atoms with van der Waals surface area (Å²) in [7, 11) is 0. The van der Waals surface area contributed by atoms with Crippen LogP contribution in [0.15, 0.2) is 182 Å². The highest BCUT2D eigenvalue weighted by Gasteiger charge is 2.38. The second-order valence-corrected chi connectivity index (χ2v) is 21.2. The summed E-state index contributed by atoms with van der Waals surface area (Å²) < 4.78 is 49.4. The standard InChI is InChI=1S/C71H55F3N2/c1-40-14-22-52(44(5)30-40)48-18-26-56-57-27-19-49(53-23-15-41(2)31-45(53)6)35-63(57)70(62(56)34-48)64-38-66(75-9)69(39-61(64)58-12-10-11-13-65(58)71(72,73)74)76-67-36-50(54-24-16-42(3)32-46(54)7)20-28-59(67)60-29-21-51(37-68(60)76)55-25-17-43(4)33-47(55)8/h10-39,70H,1-8H3. The van der Waals surface area contributed by atoms with Crippen molar-refractivity contribution < 1.29 is 13.2 Å². The van der Waals surface area contributed by atoms with Gasteiger partial charge in [0.15, 0.2) is 0 Å². The number of aryl methyl sites for hydroxylation is 8. The Hall–Kier alpha value is -8.72. The average Bonchev–Trinajstić information content (AvgIpc) is 4.13. The van der Waals surface area contributed by atoms with E-state index in [1.54, 1.807) is 12.1 Å². The molecule has 11 aromatic rings. The largest absolute Gasteiger partial charge is 0.417 e. The van der Waals surface area contributed by atoms with Crippen LogP contribution in [0.3, 0.4) is 0 Å². The van der Waals surface area contributed by atoms with Crippen molar-refractivity contribution in [2.45, 2.75) is 67.5 Å². The molecule has 0 unspecified atom stereocenters. The van der Waals surface area contributed by atoms with Crippen LogP contribution in [0.1, 0.15) is 72.7 Å². The van der Waals surface area contributed by atoms with E-state index >= 15 is 13.2 Å². The summed E-state index contributed by atoms with van der Waals surface area (Å²) >= 11 is 0. The van der Waals surface area contributed by atoms with E-state index in [1.807, 2.05) is 12.1 Å². The molecule has 0 saturated heterocycles. The number of benzene rings is 10. The molecule has 0 spiro atoms. The molecule has 0 radical (unpaired) electrons. The number of nitrogens with zero attached hydrogens (tertiary/aromatic N) is 2. The quantitative estimate of drug-likeness (QED) is 0.141. The van der Waals surface area contributed by atoms with E-state index in [0.717, 1.165) is 122 Å². The first-order valence-corrected chi connectivity index (χ1v) is 25.9. The molecular formula is C71H55F3N2. The van der Waals surface area contributed by atoms with Gasteiger partial charge in [0.25, 0.3) is 0 Å². The highest BCUT2D eigenvalue weighted by atomic mass is 19.4. The van der Waals surface area contributed by atoms with Gasteiger partial charge in [-0.2, -0.15) is 13.2 Å². The zero-order chi connectivity index (χ0) is 52.9. The highest BCUT2D eigenvalue weighted by molar-refractivity contribution is 6.12. The van der Waals surface area contributed by atoms with E-state index in [2.05, 4.69) is 210 Å². The molecule has 0 atom stereocenters. The molecule has 0 N–H and O–H groups in total. The molecule has 1 aliphatic rings. The van der Waals surface area contributed by atoms with E-state index in [9.17, 15) is 0 Å². The maximum Gasteiger partial charge on any atom is 0.417 e. The summed E-state index contributed by atoms with van der Waals surface area (Å²) in [6.07, 6.45) is -4.68. The smallest absolute Gasteiger partial charge is 0.319 e. The fraction of sp³-hybridized carbons (Fsp3) is 0.141. The van der Waals surface area contributed by atoms with Crippen LogP contribution < -0.4 is 0 Å². The predicted molar refractivity (Wildman–Crippen MR) is 310 cm³/mol. The number of hydrogen-bond acceptors (Lipinski definition) is 0. The van der Waals surface area contributed by atoms with Crippen LogP contribution in [0.2, 0.25) is 0 Å². The van der Waals surface area contributed by atoms with Crippen molar-refractivity contribution in [3.8, 4) is 72.4 Å². The van der Waals surface area contributed by atoms with Gasteiger partial charge in [-0.3, -0.25) is 0 Å². The molecule has 1 aliphatic carbocycles. The van der Waals surface area contributed by atoms with Crippen LogP contribution in [0.25, 0.3) is 99.1 Å². The summed E-state index contributed by atoms with van der Waals surface area (Å²) in [6, 6.07) is 61.6. The van der Waals surface area contributed by atoms with Crippen molar-refractivity contribution in [1.29, 1.82) is 0 Å². The van der Waals surface area contributed by atoms with Crippen molar-refractivity contribution in [2.24, 2.45) is 0 Å². The van der Waals surface area contributed by atoms with E-state index in [0.29, 0.717) is 22.5 Å². The number of halogens is 3. The Morgan fingerprint density at radius 2 is 0.763 bits per heavy atom. The molecule has 76 heavy (non-hydrogen) atoms. The third-order valence-electron chi connectivity index (χ3n) is 15.9. The van der Waals surface area contributed by atoms with Gasteiger partial charge in [-0.25, -0.2) is 4.85 Å². The van der Waals surface area contributed by atoms with Crippen LogP contribution in [-0.2, 0) is 6.18 Å². The molecule has 0 fully saturated rings. The SMILES string of the molecule is [C-]#[N+]c1cc(C2c3cc(-c4ccc(C)cc4C)ccc3-c3ccc(-c4ccc(C)cc4C)cc32)c(-c2ccccc2C(F)(F)F)cc1-n1c2cc(-c3ccc(C)cc3C)ccc2c2ccc(-c3ccc(C)cc3C)cc21. The summed E-state index contributed by atoms with van der Waals surface area (Å²) in [6.45, 7) is 26.0. The minimum absolute atomic E-state index is 0.0570. The average molecular weight is 993 g/mol. The highest BCUT2D eigenvalue weighted by Crippen LogP contribution is 2.55. The van der Waals surface area contributed by atoms with E-state index in [-0.39, 0.29) is 5.56 Å². The Bertz CT molecular complexity index is 4060. The number of rotatable bonds is 7. The van der Waals surface area contributed by atoms with Gasteiger partial charge >= 0.3 is 6.18 Å². The molecule has 0 saturated carbocycles. The topological polar surface area (TPSA) is 9.29 Å². The first kappa shape index (κ1) is 48.2. The van der Waals surface area contributed by atoms with Gasteiger partial charge in [0.2, 0.25) is 5.69 Å². The monoisotopic (exact) mass is 992 g/mol. The summed E-state index contributed by atoms with van der Waals surface area (Å²) in [4.78, 5) is 4.38. The van der Waals surface area contributed by atoms with Crippen molar-refractivity contribution >= 4 is 27.5 Å². The van der Waals surface area contributed by atoms with Gasteiger partial charge in [-0.15, -0.1) is 0 Å². The molecule has 0 bridgehead atoms. The summed E-state index contributed by atoms with van der Waals surface area (Å²) in [5, 5.41) is 1.95. The Kier molecular flexibility index (Phi) is 11.6. The van der Waals surface area contributed by atoms with Crippen LogP contribution in [0.5, 0.6) is 0 Å². The van der Waals surface area contributed by atoms with Crippen molar-refractivity contribution in [1.82, 2.24) is 4.57 Å². The minimum Gasteiger partial charge on any atom is -0.319 e. The molecule has 5 heteroatoms. The Morgan fingerprint density at radius 3 is 1.17 bits per heavy atom. The summed E-state index contributed by atoms with van der Waals surface area (Å²) in [5.74, 6) is -0.544. The van der Waals surface area contributed by atoms with Crippen LogP contribution in [0, 0.1) is 62.0 Å². The van der Waals surface area contributed by atoms with Crippen molar-refractivity contribution in [3.63, 3.8) is 0 Å². The fourth-order valence-corrected chi connectivity index (χ4v) is 12.4. The number of fused-ring (bicyclic) bond motifs is 6. The van der Waals surface area contributed by atoms with Gasteiger partial charge < -0.3 is 4.57 Å². The van der Waals surface area contributed by atoms with Gasteiger partial charge in [0, 0.05) is 16.7 Å². The molecular weight excluding hydrogens is 938 g/mol. The first-order valence-electron chi connectivity index (χ1n) is 25.9. The van der Waals surface area contributed by atoms with Crippen LogP contribution in [0.4, 0.5) is 18.9 Å². The van der Waals surface area contributed by atoms with Crippen molar-refractivity contribution in [3.05, 3.63) is 260 Å². The lowest BCUT2D eigenvalue weighted by Gasteiger charge is -2.24. The summed E-state index contributed by atoms with van der Waals surface area (Å²) in [5.41, 5.74) is 24.5. The van der Waals surface area contributed by atoms with Crippen molar-refractivity contribution in [2.75, 3.05) is 0 Å². The lowest BCUT2D eigenvalue weighted by Crippen LogP contribution is -2.10. The fourth-order valence-electron chi connectivity index (χ4n) is 12.4. The molecule has 1 heterocycles. The molecule has 10 aromatic carbocycles. The maximum atomic E-state index is 15.7. The van der Waals surface area contributed by atoms with Gasteiger partial charge in [-0.1, -0.05) is 162 Å². The van der Waals surface area contributed by atoms with E-state index < -0.39 is 17.7 Å². The predicted octanol–water partition coefficient (Wildman–Crippen LogP) is 20.3. The van der Waals surface area contributed by atoms with Crippen LogP contribution in [-0.4, -0.2) is 4.57 Å². The van der Waals surface area contributed by atoms with Gasteiger partial charge in [0.05, 0.1) is 28.9 Å². The third kappa shape index (κ3) is 8.12. The molecule has 1 aromatic heterocycles. The van der Waals surface area contributed by atoms with E-state index in [4.69, 9.17) is 6.57 Å². The molecule has 0 amide bonds. The minimum atomic E-state index is -4.68. The molecule has 370 valence electrons. The zero-order valence-corrected chi connectivity index (χ0v) is 43.9. The molecule has 2 nitrogen and oxygen atoms in total. The van der Waals surface area contributed by atoms with E-state index in [1.165, 1.54) is 23.3 Å².